The van der Waals surface area contributed by atoms with Crippen LogP contribution in [0.25, 0.3) is 0 Å². The third-order valence-corrected chi connectivity index (χ3v) is 1.28. The van der Waals surface area contributed by atoms with Gasteiger partial charge in [0, 0.05) is 12.4 Å². The fraction of sp³-hybridized carbons (Fsp3) is 0.333. The van der Waals surface area contributed by atoms with Crippen LogP contribution >= 0.6 is 0 Å². The molecule has 0 amide bonds. The Morgan fingerprint density at radius 2 is 2.33 bits per heavy atom. The van der Waals surface area contributed by atoms with Crippen LogP contribution in [-0.4, -0.2) is 36.9 Å². The van der Waals surface area contributed by atoms with Gasteiger partial charge in [0.2, 0.25) is 0 Å². The van der Waals surface area contributed by atoms with E-state index in [2.05, 4.69) is 9.98 Å². The van der Waals surface area contributed by atoms with Gasteiger partial charge in [-0.05, 0) is 26.2 Å². The first-order valence-corrected chi connectivity index (χ1v) is 3.84. The van der Waals surface area contributed by atoms with Crippen LogP contribution in [0.2, 0.25) is 0 Å². The summed E-state index contributed by atoms with van der Waals surface area (Å²) in [5, 5.41) is 0. The van der Waals surface area contributed by atoms with E-state index in [1.807, 2.05) is 37.2 Å². The molecule has 0 fully saturated rings. The van der Waals surface area contributed by atoms with Crippen molar-refractivity contribution >= 4 is 6.21 Å². The molecule has 3 heteroatoms. The molecule has 0 saturated carbocycles. The van der Waals surface area contributed by atoms with Crippen LogP contribution in [0.1, 0.15) is 5.69 Å². The maximum Gasteiger partial charge on any atom is 0.0905 e. The second-order valence-corrected chi connectivity index (χ2v) is 2.79. The summed E-state index contributed by atoms with van der Waals surface area (Å²) < 4.78 is 0. The Morgan fingerprint density at radius 3 is 2.92 bits per heavy atom. The van der Waals surface area contributed by atoms with Crippen molar-refractivity contribution in [3.8, 4) is 0 Å². The third kappa shape index (κ3) is 3.25. The molecular formula is C9H13N3. The summed E-state index contributed by atoms with van der Waals surface area (Å²) in [6, 6.07) is 5.77. The van der Waals surface area contributed by atoms with Gasteiger partial charge in [0.25, 0.3) is 0 Å². The van der Waals surface area contributed by atoms with Crippen LogP contribution < -0.4 is 0 Å². The van der Waals surface area contributed by atoms with Crippen LogP contribution in [-0.2, 0) is 0 Å². The van der Waals surface area contributed by atoms with E-state index in [1.165, 1.54) is 0 Å². The molecule has 0 unspecified atom stereocenters. The summed E-state index contributed by atoms with van der Waals surface area (Å²) in [5.41, 5.74) is 0.902. The van der Waals surface area contributed by atoms with Gasteiger partial charge in [0.15, 0.2) is 0 Å². The van der Waals surface area contributed by atoms with Crippen LogP contribution in [0.3, 0.4) is 0 Å². The largest absolute Gasteiger partial charge is 0.291 e. The number of aromatic nitrogens is 1. The summed E-state index contributed by atoms with van der Waals surface area (Å²) in [6.45, 7) is 0.705. The van der Waals surface area contributed by atoms with Crippen LogP contribution in [0.4, 0.5) is 0 Å². The fourth-order valence-corrected chi connectivity index (χ4v) is 0.750. The molecule has 0 N–H and O–H groups in total. The molecule has 1 aromatic rings. The van der Waals surface area contributed by atoms with Gasteiger partial charge < -0.3 is 0 Å². The van der Waals surface area contributed by atoms with Crippen molar-refractivity contribution < 1.29 is 0 Å². The topological polar surface area (TPSA) is 28.5 Å². The lowest BCUT2D eigenvalue weighted by atomic mass is 10.4. The fourth-order valence-electron chi connectivity index (χ4n) is 0.750. The number of rotatable bonds is 3. The molecule has 64 valence electrons. The van der Waals surface area contributed by atoms with E-state index >= 15 is 0 Å². The summed E-state index contributed by atoms with van der Waals surface area (Å²) in [4.78, 5) is 10.3. The molecule has 0 spiro atoms. The predicted octanol–water partition coefficient (Wildman–Crippen LogP) is 1.02. The van der Waals surface area contributed by atoms with E-state index < -0.39 is 0 Å². The average molecular weight is 163 g/mol. The van der Waals surface area contributed by atoms with Gasteiger partial charge in [-0.15, -0.1) is 0 Å². The molecule has 12 heavy (non-hydrogen) atoms. The second-order valence-electron chi connectivity index (χ2n) is 2.79. The van der Waals surface area contributed by atoms with Crippen LogP contribution in [0.5, 0.6) is 0 Å². The minimum atomic E-state index is 0.705. The molecule has 0 aliphatic carbocycles. The first kappa shape index (κ1) is 8.87. The first-order chi connectivity index (χ1) is 5.79. The first-order valence-electron chi connectivity index (χ1n) is 3.84. The second kappa shape index (κ2) is 4.62. The van der Waals surface area contributed by atoms with Gasteiger partial charge in [-0.25, -0.2) is 0 Å². The molecule has 0 aromatic carbocycles. The normalized spacial score (nSPS) is 11.2. The number of nitrogens with zero attached hydrogens (tertiary/aromatic N) is 3. The lowest BCUT2D eigenvalue weighted by molar-refractivity contribution is 0.425. The zero-order valence-corrected chi connectivity index (χ0v) is 7.44. The smallest absolute Gasteiger partial charge is 0.0905 e. The highest BCUT2D eigenvalue weighted by molar-refractivity contribution is 5.76. The molecule has 0 aliphatic rings. The van der Waals surface area contributed by atoms with Crippen LogP contribution in [0, 0.1) is 0 Å². The molecule has 1 rings (SSSR count). The minimum Gasteiger partial charge on any atom is -0.291 e. The molecular weight excluding hydrogens is 150 g/mol. The monoisotopic (exact) mass is 163 g/mol. The van der Waals surface area contributed by atoms with E-state index in [0.29, 0.717) is 6.67 Å². The van der Waals surface area contributed by atoms with Gasteiger partial charge in [-0.3, -0.25) is 14.9 Å². The molecule has 0 aliphatic heterocycles. The maximum absolute atomic E-state index is 4.18. The zero-order valence-electron chi connectivity index (χ0n) is 7.44. The predicted molar refractivity (Wildman–Crippen MR) is 50.4 cm³/mol. The number of pyridine rings is 1. The standard InChI is InChI=1S/C9H13N3/c1-12(2)8-10-7-9-5-3-4-6-11-9/h3-7H,8H2,1-2H3. The number of aliphatic imine (C=N–C) groups is 1. The van der Waals surface area contributed by atoms with E-state index in [0.717, 1.165) is 5.69 Å². The Labute approximate surface area is 72.8 Å². The van der Waals surface area contributed by atoms with E-state index in [-0.39, 0.29) is 0 Å². The Hall–Kier alpha value is -1.22. The highest BCUT2D eigenvalue weighted by Crippen LogP contribution is 1.88. The van der Waals surface area contributed by atoms with Gasteiger partial charge >= 0.3 is 0 Å². The summed E-state index contributed by atoms with van der Waals surface area (Å²) in [6.07, 6.45) is 3.54. The molecule has 0 atom stereocenters. The molecule has 0 radical (unpaired) electrons. The highest BCUT2D eigenvalue weighted by Gasteiger charge is 1.85. The molecule has 1 heterocycles. The molecule has 3 nitrogen and oxygen atoms in total. The van der Waals surface area contributed by atoms with Crippen molar-refractivity contribution in [2.75, 3.05) is 20.8 Å². The van der Waals surface area contributed by atoms with E-state index in [1.54, 1.807) is 12.4 Å². The Balaban J connectivity index is 2.47. The van der Waals surface area contributed by atoms with E-state index in [4.69, 9.17) is 0 Å². The van der Waals surface area contributed by atoms with Crippen molar-refractivity contribution in [3.05, 3.63) is 30.1 Å². The SMILES string of the molecule is CN(C)CN=Cc1ccccn1. The highest BCUT2D eigenvalue weighted by atomic mass is 15.1. The Kier molecular flexibility index (Phi) is 3.41. The minimum absolute atomic E-state index is 0.705. The van der Waals surface area contributed by atoms with Gasteiger partial charge in [0.05, 0.1) is 12.4 Å². The Morgan fingerprint density at radius 1 is 1.50 bits per heavy atom. The molecule has 1 aromatic heterocycles. The van der Waals surface area contributed by atoms with Crippen molar-refractivity contribution in [1.82, 2.24) is 9.88 Å². The number of hydrogen-bond acceptors (Lipinski definition) is 3. The van der Waals surface area contributed by atoms with Crippen molar-refractivity contribution in [1.29, 1.82) is 0 Å². The van der Waals surface area contributed by atoms with Crippen molar-refractivity contribution in [2.45, 2.75) is 0 Å². The summed E-state index contributed by atoms with van der Waals surface area (Å²) in [7, 11) is 3.96. The number of hydrogen-bond donors (Lipinski definition) is 0. The average Bonchev–Trinajstić information content (AvgIpc) is 2.05. The lowest BCUT2D eigenvalue weighted by Gasteiger charge is -2.02. The summed E-state index contributed by atoms with van der Waals surface area (Å²) in [5.74, 6) is 0. The summed E-state index contributed by atoms with van der Waals surface area (Å²) >= 11 is 0. The Bertz CT molecular complexity index is 241. The van der Waals surface area contributed by atoms with Crippen molar-refractivity contribution in [3.63, 3.8) is 0 Å². The van der Waals surface area contributed by atoms with E-state index in [9.17, 15) is 0 Å². The van der Waals surface area contributed by atoms with Crippen LogP contribution in [0.15, 0.2) is 29.4 Å². The molecule has 0 saturated heterocycles. The molecule has 0 bridgehead atoms. The lowest BCUT2D eigenvalue weighted by Crippen LogP contribution is -2.10. The van der Waals surface area contributed by atoms with Gasteiger partial charge in [-0.2, -0.15) is 0 Å². The van der Waals surface area contributed by atoms with Gasteiger partial charge in [0.1, 0.15) is 0 Å². The zero-order chi connectivity index (χ0) is 8.81. The van der Waals surface area contributed by atoms with Gasteiger partial charge in [-0.1, -0.05) is 6.07 Å². The van der Waals surface area contributed by atoms with Crippen molar-refractivity contribution in [2.24, 2.45) is 4.99 Å². The third-order valence-electron chi connectivity index (χ3n) is 1.28. The quantitative estimate of drug-likeness (QED) is 0.622. The maximum atomic E-state index is 4.18.